The van der Waals surface area contributed by atoms with Crippen molar-refractivity contribution in [1.29, 1.82) is 0 Å². The normalized spacial score (nSPS) is 16.2. The van der Waals surface area contributed by atoms with Gasteiger partial charge in [-0.3, -0.25) is 4.79 Å². The van der Waals surface area contributed by atoms with E-state index in [9.17, 15) is 18.7 Å². The third kappa shape index (κ3) is 6.32. The molecule has 9 heteroatoms. The number of aromatic hydroxyl groups is 1. The largest absolute Gasteiger partial charge is 0.493 e. The summed E-state index contributed by atoms with van der Waals surface area (Å²) in [5.41, 5.74) is 11.0. The van der Waals surface area contributed by atoms with Gasteiger partial charge in [-0.1, -0.05) is 18.2 Å². The number of methoxy groups -OCH3 is 1. The Labute approximate surface area is 244 Å². The van der Waals surface area contributed by atoms with Crippen LogP contribution in [0, 0.1) is 18.6 Å². The Kier molecular flexibility index (Phi) is 9.18. The first-order chi connectivity index (χ1) is 20.3. The van der Waals surface area contributed by atoms with Gasteiger partial charge in [-0.2, -0.15) is 0 Å². The number of benzene rings is 2. The Morgan fingerprint density at radius 3 is 2.71 bits per heavy atom. The molecule has 42 heavy (non-hydrogen) atoms. The summed E-state index contributed by atoms with van der Waals surface area (Å²) in [6.07, 6.45) is 4.38. The number of carbonyl (C=O) groups is 1. The summed E-state index contributed by atoms with van der Waals surface area (Å²) in [6, 6.07) is 12.7. The maximum atomic E-state index is 15.0. The molecule has 222 valence electrons. The number of aryl methyl sites for hydroxylation is 2. The van der Waals surface area contributed by atoms with Gasteiger partial charge in [0.2, 0.25) is 11.8 Å². The number of carbonyl (C=O) groups excluding carboxylic acids is 1. The van der Waals surface area contributed by atoms with Crippen LogP contribution in [0.25, 0.3) is 22.0 Å². The number of pyridine rings is 1. The summed E-state index contributed by atoms with van der Waals surface area (Å²) in [5.74, 6) is -0.699. The van der Waals surface area contributed by atoms with Crippen molar-refractivity contribution in [2.45, 2.75) is 57.5 Å². The van der Waals surface area contributed by atoms with Gasteiger partial charge < -0.3 is 25.0 Å². The Bertz CT molecular complexity index is 1550. The molecule has 4 aromatic rings. The molecule has 0 spiro atoms. The lowest BCUT2D eigenvalue weighted by Gasteiger charge is -2.34. The van der Waals surface area contributed by atoms with E-state index in [2.05, 4.69) is 9.55 Å². The highest BCUT2D eigenvalue weighted by Crippen LogP contribution is 2.37. The summed E-state index contributed by atoms with van der Waals surface area (Å²) in [6.45, 7) is 4.47. The standard InChI is InChI=1S/C33H38F2N4O3/c1-21-32-27(34)7-3-8-29(32)39(14-5-15-42-2)33(21)25-6-4-13-38(20-25)31(41)18-26(36)16-23-10-9-22(17-28(23)35)24-11-12-30(40)37-19-24/h3,7-12,17,19,25-26H,4-6,13-16,18,20,36H2,1-2H3,(H,37,40)/t25?,26-/m1/s1. The summed E-state index contributed by atoms with van der Waals surface area (Å²) >= 11 is 0. The van der Waals surface area contributed by atoms with E-state index >= 15 is 0 Å². The summed E-state index contributed by atoms with van der Waals surface area (Å²) in [7, 11) is 1.67. The van der Waals surface area contributed by atoms with Gasteiger partial charge in [0.25, 0.3) is 0 Å². The van der Waals surface area contributed by atoms with Crippen LogP contribution in [0.5, 0.6) is 5.88 Å². The van der Waals surface area contributed by atoms with E-state index in [1.807, 2.05) is 17.9 Å². The van der Waals surface area contributed by atoms with Crippen LogP contribution in [-0.2, 0) is 22.5 Å². The van der Waals surface area contributed by atoms with E-state index < -0.39 is 11.9 Å². The van der Waals surface area contributed by atoms with Gasteiger partial charge >= 0.3 is 0 Å². The number of hydrogen-bond donors (Lipinski definition) is 2. The van der Waals surface area contributed by atoms with Crippen LogP contribution >= 0.6 is 0 Å². The zero-order chi connectivity index (χ0) is 29.8. The number of halogens is 2. The van der Waals surface area contributed by atoms with Crippen molar-refractivity contribution in [3.63, 3.8) is 0 Å². The maximum Gasteiger partial charge on any atom is 0.224 e. The number of nitrogens with zero attached hydrogens (tertiary/aromatic N) is 3. The number of nitrogens with two attached hydrogens (primary N) is 1. The number of rotatable bonds is 10. The van der Waals surface area contributed by atoms with Crippen molar-refractivity contribution < 1.29 is 23.4 Å². The molecule has 0 saturated carbocycles. The SMILES string of the molecule is COCCCn1c(C2CCCN(C(=O)C[C@H](N)Cc3ccc(-c4ccc(O)nc4)cc3F)C2)c(C)c2c(F)cccc21. The molecule has 0 radical (unpaired) electrons. The van der Waals surface area contributed by atoms with E-state index in [0.717, 1.165) is 36.0 Å². The van der Waals surface area contributed by atoms with Crippen LogP contribution in [0.4, 0.5) is 8.78 Å². The molecule has 2 aromatic carbocycles. The van der Waals surface area contributed by atoms with Gasteiger partial charge in [0, 0.05) is 80.6 Å². The topological polar surface area (TPSA) is 93.6 Å². The van der Waals surface area contributed by atoms with Gasteiger partial charge in [0.1, 0.15) is 11.6 Å². The molecular formula is C33H38F2N4O3. The molecule has 0 bridgehead atoms. The average Bonchev–Trinajstić information content (AvgIpc) is 3.27. The summed E-state index contributed by atoms with van der Waals surface area (Å²) in [4.78, 5) is 19.1. The molecule has 1 amide bonds. The number of piperidine rings is 1. The van der Waals surface area contributed by atoms with E-state index in [-0.39, 0.29) is 36.4 Å². The minimum atomic E-state index is -0.537. The van der Waals surface area contributed by atoms with Crippen molar-refractivity contribution in [1.82, 2.24) is 14.5 Å². The number of aromatic nitrogens is 2. The highest BCUT2D eigenvalue weighted by molar-refractivity contribution is 5.86. The van der Waals surface area contributed by atoms with Crippen molar-refractivity contribution in [3.05, 3.63) is 83.2 Å². The van der Waals surface area contributed by atoms with E-state index in [0.29, 0.717) is 48.3 Å². The zero-order valence-corrected chi connectivity index (χ0v) is 24.2. The fourth-order valence-electron chi connectivity index (χ4n) is 6.29. The van der Waals surface area contributed by atoms with Gasteiger partial charge in [0.15, 0.2) is 0 Å². The molecule has 3 N–H and O–H groups in total. The second-order valence-corrected chi connectivity index (χ2v) is 11.2. The molecule has 5 rings (SSSR count). The third-order valence-electron chi connectivity index (χ3n) is 8.28. The van der Waals surface area contributed by atoms with Crippen LogP contribution < -0.4 is 5.73 Å². The minimum absolute atomic E-state index is 0.0507. The zero-order valence-electron chi connectivity index (χ0n) is 24.2. The Morgan fingerprint density at radius 2 is 1.98 bits per heavy atom. The number of fused-ring (bicyclic) bond motifs is 1. The Hall–Kier alpha value is -3.82. The van der Waals surface area contributed by atoms with Crippen molar-refractivity contribution >= 4 is 16.8 Å². The number of amides is 1. The highest BCUT2D eigenvalue weighted by Gasteiger charge is 2.30. The van der Waals surface area contributed by atoms with Crippen molar-refractivity contribution in [3.8, 4) is 17.0 Å². The predicted octanol–water partition coefficient (Wildman–Crippen LogP) is 5.70. The van der Waals surface area contributed by atoms with E-state index in [1.165, 1.54) is 24.4 Å². The lowest BCUT2D eigenvalue weighted by atomic mass is 9.91. The second kappa shape index (κ2) is 13.0. The molecule has 2 atom stereocenters. The number of hydrogen-bond acceptors (Lipinski definition) is 5. The van der Waals surface area contributed by atoms with Gasteiger partial charge in [0.05, 0.1) is 5.52 Å². The molecule has 1 saturated heterocycles. The molecule has 1 aliphatic rings. The molecule has 7 nitrogen and oxygen atoms in total. The van der Waals surface area contributed by atoms with Gasteiger partial charge in [-0.25, -0.2) is 13.8 Å². The summed E-state index contributed by atoms with van der Waals surface area (Å²) < 4.78 is 37.3. The van der Waals surface area contributed by atoms with Crippen LogP contribution in [0.1, 0.15) is 48.4 Å². The lowest BCUT2D eigenvalue weighted by Crippen LogP contribution is -2.42. The molecule has 1 fully saturated rings. The van der Waals surface area contributed by atoms with E-state index in [1.54, 1.807) is 31.4 Å². The maximum absolute atomic E-state index is 15.0. The molecule has 2 aromatic heterocycles. The predicted molar refractivity (Wildman–Crippen MR) is 159 cm³/mol. The van der Waals surface area contributed by atoms with Crippen LogP contribution in [-0.4, -0.2) is 58.3 Å². The van der Waals surface area contributed by atoms with Crippen LogP contribution in [0.3, 0.4) is 0 Å². The number of ether oxygens (including phenoxy) is 1. The van der Waals surface area contributed by atoms with Crippen molar-refractivity contribution in [2.24, 2.45) is 5.73 Å². The van der Waals surface area contributed by atoms with Crippen LogP contribution in [0.15, 0.2) is 54.7 Å². The smallest absolute Gasteiger partial charge is 0.224 e. The average molecular weight is 577 g/mol. The first kappa shape index (κ1) is 29.7. The molecule has 3 heterocycles. The van der Waals surface area contributed by atoms with Gasteiger partial charge in [-0.15, -0.1) is 0 Å². The van der Waals surface area contributed by atoms with Gasteiger partial charge in [-0.05, 0) is 73.6 Å². The van der Waals surface area contributed by atoms with Crippen molar-refractivity contribution in [2.75, 3.05) is 26.8 Å². The second-order valence-electron chi connectivity index (χ2n) is 11.2. The quantitative estimate of drug-likeness (QED) is 0.236. The number of likely N-dealkylation sites (tertiary alicyclic amines) is 1. The molecule has 1 aliphatic heterocycles. The fourth-order valence-corrected chi connectivity index (χ4v) is 6.29. The minimum Gasteiger partial charge on any atom is -0.493 e. The highest BCUT2D eigenvalue weighted by atomic mass is 19.1. The Morgan fingerprint density at radius 1 is 1.17 bits per heavy atom. The monoisotopic (exact) mass is 576 g/mol. The third-order valence-corrected chi connectivity index (χ3v) is 8.28. The molecule has 1 unspecified atom stereocenters. The first-order valence-electron chi connectivity index (χ1n) is 14.5. The molecule has 0 aliphatic carbocycles. The molecular weight excluding hydrogens is 538 g/mol. The van der Waals surface area contributed by atoms with Crippen LogP contribution in [0.2, 0.25) is 0 Å². The fraction of sp³-hybridized carbons (Fsp3) is 0.394. The first-order valence-corrected chi connectivity index (χ1v) is 14.5. The summed E-state index contributed by atoms with van der Waals surface area (Å²) in [5, 5.41) is 10.0. The van der Waals surface area contributed by atoms with E-state index in [4.69, 9.17) is 10.5 Å². The Balaban J connectivity index is 1.27. The lowest BCUT2D eigenvalue weighted by molar-refractivity contribution is -0.132.